The minimum Gasteiger partial charge on any atom is -0.376 e. The standard InChI is InChI=1S/C17H23FN2O4S/c18-14-5-7-16(8-6-14)25(22,23)20-9-1-3-13(12-20)17(21)19-11-15-4-2-10-24-15/h5-8,13,15H,1-4,9-12H2,(H,19,21)/t13-,15+/m1/s1. The lowest BCUT2D eigenvalue weighted by molar-refractivity contribution is -0.126. The molecule has 0 aromatic heterocycles. The van der Waals surface area contributed by atoms with E-state index in [4.69, 9.17) is 4.74 Å². The van der Waals surface area contributed by atoms with Crippen LogP contribution in [0.15, 0.2) is 29.2 Å². The maximum absolute atomic E-state index is 13.0. The maximum Gasteiger partial charge on any atom is 0.243 e. The molecule has 1 N–H and O–H groups in total. The van der Waals surface area contributed by atoms with Gasteiger partial charge in [-0.25, -0.2) is 12.8 Å². The molecule has 2 aliphatic heterocycles. The van der Waals surface area contributed by atoms with Crippen molar-refractivity contribution < 1.29 is 22.3 Å². The van der Waals surface area contributed by atoms with E-state index in [1.807, 2.05) is 0 Å². The van der Waals surface area contributed by atoms with Crippen LogP contribution in [0, 0.1) is 11.7 Å². The lowest BCUT2D eigenvalue weighted by Gasteiger charge is -2.31. The molecule has 0 aliphatic carbocycles. The molecule has 6 nitrogen and oxygen atoms in total. The van der Waals surface area contributed by atoms with Crippen LogP contribution in [0.1, 0.15) is 25.7 Å². The Hall–Kier alpha value is -1.51. The number of hydrogen-bond acceptors (Lipinski definition) is 4. The zero-order chi connectivity index (χ0) is 17.9. The Bertz CT molecular complexity index is 702. The third kappa shape index (κ3) is 4.37. The van der Waals surface area contributed by atoms with Gasteiger partial charge in [0.25, 0.3) is 0 Å². The lowest BCUT2D eigenvalue weighted by Crippen LogP contribution is -2.46. The quantitative estimate of drug-likeness (QED) is 0.853. The van der Waals surface area contributed by atoms with Crippen LogP contribution in [0.4, 0.5) is 4.39 Å². The van der Waals surface area contributed by atoms with Crippen molar-refractivity contribution in [1.82, 2.24) is 9.62 Å². The fourth-order valence-corrected chi connectivity index (χ4v) is 4.82. The molecule has 2 aliphatic rings. The van der Waals surface area contributed by atoms with Crippen molar-refractivity contribution in [2.45, 2.75) is 36.7 Å². The summed E-state index contributed by atoms with van der Waals surface area (Å²) in [5, 5.41) is 2.88. The van der Waals surface area contributed by atoms with Crippen molar-refractivity contribution in [1.29, 1.82) is 0 Å². The van der Waals surface area contributed by atoms with Gasteiger partial charge in [0.2, 0.25) is 15.9 Å². The van der Waals surface area contributed by atoms with E-state index < -0.39 is 15.8 Å². The van der Waals surface area contributed by atoms with Gasteiger partial charge in [-0.15, -0.1) is 0 Å². The summed E-state index contributed by atoms with van der Waals surface area (Å²) in [6.45, 7) is 1.72. The Morgan fingerprint density at radius 1 is 1.24 bits per heavy atom. The summed E-state index contributed by atoms with van der Waals surface area (Å²) in [4.78, 5) is 12.4. The van der Waals surface area contributed by atoms with Gasteiger partial charge in [0, 0.05) is 26.2 Å². The smallest absolute Gasteiger partial charge is 0.243 e. The molecule has 2 heterocycles. The molecule has 2 atom stereocenters. The predicted molar refractivity (Wildman–Crippen MR) is 89.9 cm³/mol. The molecular formula is C17H23FN2O4S. The molecule has 138 valence electrons. The number of nitrogens with one attached hydrogen (secondary N) is 1. The maximum atomic E-state index is 13.0. The van der Waals surface area contributed by atoms with Crippen molar-refractivity contribution >= 4 is 15.9 Å². The molecule has 1 aromatic rings. The topological polar surface area (TPSA) is 75.7 Å². The molecule has 25 heavy (non-hydrogen) atoms. The summed E-state index contributed by atoms with van der Waals surface area (Å²) >= 11 is 0. The molecule has 1 amide bonds. The van der Waals surface area contributed by atoms with Crippen LogP contribution < -0.4 is 5.32 Å². The number of carbonyl (C=O) groups is 1. The Kier molecular flexibility index (Phi) is 5.71. The van der Waals surface area contributed by atoms with E-state index in [0.717, 1.165) is 31.6 Å². The molecule has 2 saturated heterocycles. The first-order chi connectivity index (χ1) is 12.0. The van der Waals surface area contributed by atoms with Crippen LogP contribution >= 0.6 is 0 Å². The van der Waals surface area contributed by atoms with Gasteiger partial charge in [-0.3, -0.25) is 4.79 Å². The molecule has 0 spiro atoms. The number of carbonyl (C=O) groups excluding carboxylic acids is 1. The van der Waals surface area contributed by atoms with Crippen LogP contribution in [0.2, 0.25) is 0 Å². The first kappa shape index (κ1) is 18.3. The first-order valence-corrected chi connectivity index (χ1v) is 10.1. The highest BCUT2D eigenvalue weighted by molar-refractivity contribution is 7.89. The number of piperidine rings is 1. The molecular weight excluding hydrogens is 347 g/mol. The highest BCUT2D eigenvalue weighted by Crippen LogP contribution is 2.24. The van der Waals surface area contributed by atoms with Gasteiger partial charge in [0.05, 0.1) is 16.9 Å². The fourth-order valence-electron chi connectivity index (χ4n) is 3.29. The average molecular weight is 370 g/mol. The number of halogens is 1. The molecule has 0 unspecified atom stereocenters. The Morgan fingerprint density at radius 3 is 2.68 bits per heavy atom. The minimum absolute atomic E-state index is 0.0503. The van der Waals surface area contributed by atoms with Gasteiger partial charge in [-0.2, -0.15) is 4.31 Å². The second kappa shape index (κ2) is 7.80. The number of amides is 1. The van der Waals surface area contributed by atoms with E-state index in [1.165, 1.54) is 16.4 Å². The second-order valence-electron chi connectivity index (χ2n) is 6.54. The zero-order valence-electron chi connectivity index (χ0n) is 14.0. The summed E-state index contributed by atoms with van der Waals surface area (Å²) < 4.78 is 45.2. The average Bonchev–Trinajstić information content (AvgIpc) is 3.14. The van der Waals surface area contributed by atoms with Crippen molar-refractivity contribution in [2.24, 2.45) is 5.92 Å². The Labute approximate surface area is 147 Å². The van der Waals surface area contributed by atoms with Crippen molar-refractivity contribution in [3.05, 3.63) is 30.1 Å². The Balaban J connectivity index is 1.61. The van der Waals surface area contributed by atoms with Gasteiger partial charge in [-0.05, 0) is 49.9 Å². The summed E-state index contributed by atoms with van der Waals surface area (Å²) in [7, 11) is -3.71. The first-order valence-electron chi connectivity index (χ1n) is 8.62. The van der Waals surface area contributed by atoms with Crippen LogP contribution in [-0.4, -0.2) is 51.0 Å². The minimum atomic E-state index is -3.71. The summed E-state index contributed by atoms with van der Waals surface area (Å²) in [5.74, 6) is -0.983. The van der Waals surface area contributed by atoms with E-state index >= 15 is 0 Å². The van der Waals surface area contributed by atoms with Gasteiger partial charge in [0.15, 0.2) is 0 Å². The number of sulfonamides is 1. The summed E-state index contributed by atoms with van der Waals surface area (Å²) in [6.07, 6.45) is 3.29. The molecule has 8 heteroatoms. The molecule has 3 rings (SSSR count). The molecule has 0 saturated carbocycles. The van der Waals surface area contributed by atoms with E-state index in [1.54, 1.807) is 0 Å². The van der Waals surface area contributed by atoms with E-state index in [0.29, 0.717) is 25.9 Å². The van der Waals surface area contributed by atoms with E-state index in [9.17, 15) is 17.6 Å². The van der Waals surface area contributed by atoms with Gasteiger partial charge in [-0.1, -0.05) is 0 Å². The zero-order valence-corrected chi connectivity index (χ0v) is 14.8. The van der Waals surface area contributed by atoms with Crippen LogP contribution in [0.5, 0.6) is 0 Å². The van der Waals surface area contributed by atoms with Crippen molar-refractivity contribution in [2.75, 3.05) is 26.2 Å². The molecule has 0 bridgehead atoms. The normalized spacial score (nSPS) is 25.0. The van der Waals surface area contributed by atoms with Crippen molar-refractivity contribution in [3.8, 4) is 0 Å². The largest absolute Gasteiger partial charge is 0.376 e. The SMILES string of the molecule is O=C(NC[C@@H]1CCCO1)[C@@H]1CCCN(S(=O)(=O)c2ccc(F)cc2)C1. The van der Waals surface area contributed by atoms with Crippen LogP contribution in [0.25, 0.3) is 0 Å². The third-order valence-corrected chi connectivity index (χ3v) is 6.61. The molecule has 0 radical (unpaired) electrons. The summed E-state index contributed by atoms with van der Waals surface area (Å²) in [6, 6.07) is 4.77. The second-order valence-corrected chi connectivity index (χ2v) is 8.47. The number of ether oxygens (including phenoxy) is 1. The monoisotopic (exact) mass is 370 g/mol. The number of rotatable bonds is 5. The highest BCUT2D eigenvalue weighted by atomic mass is 32.2. The number of nitrogens with zero attached hydrogens (tertiary/aromatic N) is 1. The Morgan fingerprint density at radius 2 is 2.00 bits per heavy atom. The number of hydrogen-bond donors (Lipinski definition) is 1. The predicted octanol–water partition coefficient (Wildman–Crippen LogP) is 1.52. The van der Waals surface area contributed by atoms with Crippen LogP contribution in [-0.2, 0) is 19.6 Å². The van der Waals surface area contributed by atoms with Gasteiger partial charge < -0.3 is 10.1 Å². The molecule has 2 fully saturated rings. The van der Waals surface area contributed by atoms with Crippen LogP contribution in [0.3, 0.4) is 0 Å². The van der Waals surface area contributed by atoms with Gasteiger partial charge >= 0.3 is 0 Å². The fraction of sp³-hybridized carbons (Fsp3) is 0.588. The number of benzene rings is 1. The summed E-state index contributed by atoms with van der Waals surface area (Å²) in [5.41, 5.74) is 0. The third-order valence-electron chi connectivity index (χ3n) is 4.73. The van der Waals surface area contributed by atoms with Crippen molar-refractivity contribution in [3.63, 3.8) is 0 Å². The molecule has 1 aromatic carbocycles. The highest BCUT2D eigenvalue weighted by Gasteiger charge is 2.33. The van der Waals surface area contributed by atoms with E-state index in [2.05, 4.69) is 5.32 Å². The lowest BCUT2D eigenvalue weighted by atomic mass is 9.99. The van der Waals surface area contributed by atoms with Gasteiger partial charge in [0.1, 0.15) is 5.82 Å². The van der Waals surface area contributed by atoms with E-state index in [-0.39, 0.29) is 29.4 Å².